The number of hydrogen-bond acceptors (Lipinski definition) is 2. The molecule has 2 saturated carbocycles. The molecule has 0 aromatic heterocycles. The quantitative estimate of drug-likeness (QED) is 0.394. The Balaban J connectivity index is 1.49. The molecule has 0 spiro atoms. The number of benzene rings is 2. The van der Waals surface area contributed by atoms with Crippen LogP contribution in [0, 0.1) is 29.3 Å². The van der Waals surface area contributed by atoms with Gasteiger partial charge < -0.3 is 9.47 Å². The fraction of sp³-hybridized carbons (Fsp3) is 0.500. The predicted molar refractivity (Wildman–Crippen MR) is 125 cm³/mol. The number of ether oxygens (including phenoxy) is 2. The first-order chi connectivity index (χ1) is 16.0. The molecule has 2 aromatic carbocycles. The van der Waals surface area contributed by atoms with Crippen molar-refractivity contribution in [3.8, 4) is 16.9 Å². The first kappa shape index (κ1) is 23.9. The van der Waals surface area contributed by atoms with Gasteiger partial charge in [-0.05, 0) is 106 Å². The zero-order valence-electron chi connectivity index (χ0n) is 19.5. The molecule has 0 aliphatic heterocycles. The molecule has 2 nitrogen and oxygen atoms in total. The van der Waals surface area contributed by atoms with Crippen LogP contribution in [0.1, 0.15) is 63.9 Å². The summed E-state index contributed by atoms with van der Waals surface area (Å²) >= 11 is 0. The number of allylic oxidation sites excluding steroid dienone is 1. The molecule has 0 bridgehead atoms. The van der Waals surface area contributed by atoms with Crippen LogP contribution in [0.3, 0.4) is 0 Å². The maximum atomic E-state index is 15.1. The van der Waals surface area contributed by atoms with E-state index in [-0.39, 0.29) is 29.4 Å². The SMILES string of the molecule is C/C=C/COc1ccc(-c2c(F)cc(C3CCC4CC(OCC)CCC4C3)cc2F)cc1F. The lowest BCUT2D eigenvalue weighted by Gasteiger charge is -2.42. The van der Waals surface area contributed by atoms with Gasteiger partial charge in [0, 0.05) is 6.61 Å². The second kappa shape index (κ2) is 10.8. The summed E-state index contributed by atoms with van der Waals surface area (Å²) in [5.74, 6) is -0.464. The summed E-state index contributed by atoms with van der Waals surface area (Å²) in [6.07, 6.45) is 10.2. The Hall–Kier alpha value is -2.27. The minimum absolute atomic E-state index is 0.0603. The predicted octanol–water partition coefficient (Wildman–Crippen LogP) is 7.81. The van der Waals surface area contributed by atoms with E-state index in [0.717, 1.165) is 51.2 Å². The Labute approximate surface area is 194 Å². The van der Waals surface area contributed by atoms with Crippen molar-refractivity contribution in [2.75, 3.05) is 13.2 Å². The van der Waals surface area contributed by atoms with Crippen LogP contribution in [0.4, 0.5) is 13.2 Å². The third kappa shape index (κ3) is 5.46. The van der Waals surface area contributed by atoms with Crippen molar-refractivity contribution in [3.05, 3.63) is 65.5 Å². The van der Waals surface area contributed by atoms with Gasteiger partial charge in [-0.1, -0.05) is 18.2 Å². The molecule has 0 radical (unpaired) electrons. The molecule has 0 N–H and O–H groups in total. The highest BCUT2D eigenvalue weighted by atomic mass is 19.1. The number of fused-ring (bicyclic) bond motifs is 1. The van der Waals surface area contributed by atoms with Crippen LogP contribution in [-0.2, 0) is 4.74 Å². The summed E-state index contributed by atoms with van der Waals surface area (Å²) in [7, 11) is 0. The normalized spacial score (nSPS) is 25.2. The average molecular weight is 459 g/mol. The van der Waals surface area contributed by atoms with E-state index in [1.807, 2.05) is 13.8 Å². The summed E-state index contributed by atoms with van der Waals surface area (Å²) in [5, 5.41) is 0. The van der Waals surface area contributed by atoms with Gasteiger partial charge in [-0.15, -0.1) is 0 Å². The van der Waals surface area contributed by atoms with Crippen LogP contribution in [0.15, 0.2) is 42.5 Å². The Morgan fingerprint density at radius 1 is 0.909 bits per heavy atom. The smallest absolute Gasteiger partial charge is 0.165 e. The molecule has 178 valence electrons. The number of halogens is 3. The highest BCUT2D eigenvalue weighted by molar-refractivity contribution is 5.66. The number of hydrogen-bond donors (Lipinski definition) is 0. The molecule has 2 aliphatic rings. The van der Waals surface area contributed by atoms with Crippen LogP contribution in [0.25, 0.3) is 11.1 Å². The zero-order valence-corrected chi connectivity index (χ0v) is 19.5. The lowest BCUT2D eigenvalue weighted by atomic mass is 9.65. The van der Waals surface area contributed by atoms with E-state index in [4.69, 9.17) is 9.47 Å². The van der Waals surface area contributed by atoms with Crippen molar-refractivity contribution < 1.29 is 22.6 Å². The highest BCUT2D eigenvalue weighted by Gasteiger charge is 2.36. The minimum Gasteiger partial charge on any atom is -0.486 e. The van der Waals surface area contributed by atoms with E-state index in [1.165, 1.54) is 24.3 Å². The third-order valence-electron chi connectivity index (χ3n) is 7.29. The van der Waals surface area contributed by atoms with Crippen LogP contribution < -0.4 is 4.74 Å². The van der Waals surface area contributed by atoms with E-state index in [2.05, 4.69) is 0 Å². The topological polar surface area (TPSA) is 18.5 Å². The lowest BCUT2D eigenvalue weighted by molar-refractivity contribution is -0.00957. The molecule has 33 heavy (non-hydrogen) atoms. The van der Waals surface area contributed by atoms with Crippen LogP contribution in [-0.4, -0.2) is 19.3 Å². The van der Waals surface area contributed by atoms with E-state index in [9.17, 15) is 4.39 Å². The second-order valence-corrected chi connectivity index (χ2v) is 9.31. The molecule has 4 atom stereocenters. The summed E-state index contributed by atoms with van der Waals surface area (Å²) in [6, 6.07) is 6.94. The lowest BCUT2D eigenvalue weighted by Crippen LogP contribution is -2.33. The standard InChI is InChI=1S/C28H33F3O2/c1-3-5-12-33-27-11-9-21(15-24(27)29)28-25(30)16-22(17-26(28)31)19-6-7-20-14-23(32-4-2)10-8-18(20)13-19/h3,5,9,11,15-20,23H,4,6-8,10,12-14H2,1-2H3/b5-3+. The molecule has 0 amide bonds. The Morgan fingerprint density at radius 3 is 2.33 bits per heavy atom. The van der Waals surface area contributed by atoms with E-state index in [1.54, 1.807) is 12.2 Å². The Kier molecular flexibility index (Phi) is 7.79. The summed E-state index contributed by atoms with van der Waals surface area (Å²) < 4.78 is 55.8. The first-order valence-electron chi connectivity index (χ1n) is 12.1. The van der Waals surface area contributed by atoms with Crippen molar-refractivity contribution >= 4 is 0 Å². The van der Waals surface area contributed by atoms with Crippen molar-refractivity contribution in [2.24, 2.45) is 11.8 Å². The highest BCUT2D eigenvalue weighted by Crippen LogP contribution is 2.47. The zero-order chi connectivity index (χ0) is 23.4. The Morgan fingerprint density at radius 2 is 1.64 bits per heavy atom. The van der Waals surface area contributed by atoms with Gasteiger partial charge in [0.2, 0.25) is 0 Å². The molecule has 4 rings (SSSR count). The fourth-order valence-electron chi connectivity index (χ4n) is 5.65. The van der Waals surface area contributed by atoms with Gasteiger partial charge in [0.15, 0.2) is 11.6 Å². The van der Waals surface area contributed by atoms with Crippen LogP contribution in [0.2, 0.25) is 0 Å². The maximum Gasteiger partial charge on any atom is 0.165 e. The third-order valence-corrected chi connectivity index (χ3v) is 7.29. The van der Waals surface area contributed by atoms with Gasteiger partial charge >= 0.3 is 0 Å². The molecule has 2 aliphatic carbocycles. The van der Waals surface area contributed by atoms with Crippen molar-refractivity contribution in [1.29, 1.82) is 0 Å². The van der Waals surface area contributed by atoms with E-state index in [0.29, 0.717) is 23.5 Å². The van der Waals surface area contributed by atoms with Crippen molar-refractivity contribution in [1.82, 2.24) is 0 Å². The molecule has 4 unspecified atom stereocenters. The van der Waals surface area contributed by atoms with Crippen molar-refractivity contribution in [2.45, 2.75) is 64.4 Å². The first-order valence-corrected chi connectivity index (χ1v) is 12.1. The van der Waals surface area contributed by atoms with Crippen molar-refractivity contribution in [3.63, 3.8) is 0 Å². The molecule has 0 saturated heterocycles. The average Bonchev–Trinajstić information content (AvgIpc) is 2.80. The second-order valence-electron chi connectivity index (χ2n) is 9.31. The minimum atomic E-state index is -0.644. The largest absolute Gasteiger partial charge is 0.486 e. The van der Waals surface area contributed by atoms with Crippen LogP contribution >= 0.6 is 0 Å². The fourth-order valence-corrected chi connectivity index (χ4v) is 5.65. The molecule has 0 heterocycles. The van der Waals surface area contributed by atoms with Gasteiger partial charge in [-0.25, -0.2) is 13.2 Å². The molecule has 2 aromatic rings. The van der Waals surface area contributed by atoms with Crippen LogP contribution in [0.5, 0.6) is 5.75 Å². The number of rotatable bonds is 7. The maximum absolute atomic E-state index is 15.1. The Bertz CT molecular complexity index is 964. The molecule has 2 fully saturated rings. The molecular formula is C28H33F3O2. The van der Waals surface area contributed by atoms with E-state index < -0.39 is 17.5 Å². The molecule has 5 heteroatoms. The van der Waals surface area contributed by atoms with Gasteiger partial charge in [0.25, 0.3) is 0 Å². The summed E-state index contributed by atoms with van der Waals surface area (Å²) in [5.41, 5.74) is 0.694. The molecular weight excluding hydrogens is 425 g/mol. The summed E-state index contributed by atoms with van der Waals surface area (Å²) in [6.45, 7) is 4.87. The van der Waals surface area contributed by atoms with Gasteiger partial charge in [0.05, 0.1) is 11.7 Å². The van der Waals surface area contributed by atoms with Gasteiger partial charge in [0.1, 0.15) is 18.2 Å². The summed E-state index contributed by atoms with van der Waals surface area (Å²) in [4.78, 5) is 0. The van der Waals surface area contributed by atoms with E-state index >= 15 is 8.78 Å². The van der Waals surface area contributed by atoms with Gasteiger partial charge in [-0.2, -0.15) is 0 Å². The van der Waals surface area contributed by atoms with Gasteiger partial charge in [-0.3, -0.25) is 0 Å². The monoisotopic (exact) mass is 458 g/mol.